The molecule has 0 heterocycles. The van der Waals surface area contributed by atoms with E-state index in [-0.39, 0.29) is 12.5 Å². The molecule has 0 aromatic heterocycles. The Labute approximate surface area is 142 Å². The van der Waals surface area contributed by atoms with Gasteiger partial charge in [0.05, 0.1) is 6.61 Å². The molecule has 2 aromatic carbocycles. The summed E-state index contributed by atoms with van der Waals surface area (Å²) in [6, 6.07) is 17.6. The van der Waals surface area contributed by atoms with Crippen molar-refractivity contribution in [2.75, 3.05) is 6.54 Å². The van der Waals surface area contributed by atoms with E-state index in [2.05, 4.69) is 29.6 Å². The Hall–Kier alpha value is -2.33. The van der Waals surface area contributed by atoms with Gasteiger partial charge in [-0.15, -0.1) is 0 Å². The van der Waals surface area contributed by atoms with E-state index in [1.165, 1.54) is 5.56 Å². The van der Waals surface area contributed by atoms with Crippen LogP contribution in [0.5, 0.6) is 5.75 Å². The first kappa shape index (κ1) is 16.5. The van der Waals surface area contributed by atoms with E-state index < -0.39 is 6.10 Å². The highest BCUT2D eigenvalue weighted by atomic mass is 16.5. The number of aliphatic hydroxyl groups excluding tert-OH is 1. The fraction of sp³-hybridized carbons (Fsp3) is 0.350. The Kier molecular flexibility index (Phi) is 5.16. The topological polar surface area (TPSA) is 58.6 Å². The molecule has 2 aromatic rings. The largest absolute Gasteiger partial charge is 0.481 e. The second-order valence-corrected chi connectivity index (χ2v) is 6.32. The second-order valence-electron chi connectivity index (χ2n) is 6.32. The third-order valence-corrected chi connectivity index (χ3v) is 4.45. The predicted octanol–water partition coefficient (Wildman–Crippen LogP) is 2.87. The summed E-state index contributed by atoms with van der Waals surface area (Å²) in [4.78, 5) is 12.2. The molecule has 4 nitrogen and oxygen atoms in total. The molecule has 24 heavy (non-hydrogen) atoms. The van der Waals surface area contributed by atoms with Crippen LogP contribution in [0, 0.1) is 5.92 Å². The molecule has 0 saturated heterocycles. The van der Waals surface area contributed by atoms with E-state index in [0.717, 1.165) is 12.0 Å². The highest BCUT2D eigenvalue weighted by Gasteiger charge is 2.38. The second kappa shape index (κ2) is 7.49. The van der Waals surface area contributed by atoms with Gasteiger partial charge in [0.1, 0.15) is 5.75 Å². The standard InChI is InChI=1S/C20H23NO3/c1-14(24-18-9-5-6-15(10-18)13-22)20(23)21-12-17-11-19(17)16-7-3-2-4-8-16/h2-10,14,17,19,22H,11-13H2,1H3,(H,21,23). The van der Waals surface area contributed by atoms with E-state index in [1.54, 1.807) is 25.1 Å². The first-order valence-electron chi connectivity index (χ1n) is 8.36. The number of nitrogens with one attached hydrogen (secondary N) is 1. The number of amides is 1. The van der Waals surface area contributed by atoms with Crippen molar-refractivity contribution < 1.29 is 14.6 Å². The molecule has 0 radical (unpaired) electrons. The lowest BCUT2D eigenvalue weighted by atomic mass is 10.1. The first-order valence-corrected chi connectivity index (χ1v) is 8.36. The fourth-order valence-corrected chi connectivity index (χ4v) is 2.93. The molecular formula is C20H23NO3. The zero-order valence-electron chi connectivity index (χ0n) is 13.8. The highest BCUT2D eigenvalue weighted by Crippen LogP contribution is 2.46. The summed E-state index contributed by atoms with van der Waals surface area (Å²) in [6.45, 7) is 2.38. The van der Waals surface area contributed by atoms with Gasteiger partial charge in [0.25, 0.3) is 5.91 Å². The molecule has 1 aliphatic rings. The first-order chi connectivity index (χ1) is 11.7. The Morgan fingerprint density at radius 3 is 2.79 bits per heavy atom. The van der Waals surface area contributed by atoms with Crippen molar-refractivity contribution in [3.8, 4) is 5.75 Å². The maximum absolute atomic E-state index is 12.2. The van der Waals surface area contributed by atoms with Crippen molar-refractivity contribution in [2.24, 2.45) is 5.92 Å². The summed E-state index contributed by atoms with van der Waals surface area (Å²) in [6.07, 6.45) is 0.561. The molecule has 1 amide bonds. The average Bonchev–Trinajstić information content (AvgIpc) is 3.40. The van der Waals surface area contributed by atoms with Crippen molar-refractivity contribution >= 4 is 5.91 Å². The van der Waals surface area contributed by atoms with Crippen LogP contribution < -0.4 is 10.1 Å². The number of aliphatic hydroxyl groups is 1. The smallest absolute Gasteiger partial charge is 0.260 e. The number of hydrogen-bond acceptors (Lipinski definition) is 3. The third-order valence-electron chi connectivity index (χ3n) is 4.45. The number of rotatable bonds is 7. The number of benzene rings is 2. The Bertz CT molecular complexity index is 686. The van der Waals surface area contributed by atoms with Crippen molar-refractivity contribution in [1.82, 2.24) is 5.32 Å². The average molecular weight is 325 g/mol. The highest BCUT2D eigenvalue weighted by molar-refractivity contribution is 5.80. The Morgan fingerprint density at radius 1 is 1.25 bits per heavy atom. The molecule has 3 atom stereocenters. The van der Waals surface area contributed by atoms with E-state index in [9.17, 15) is 4.79 Å². The van der Waals surface area contributed by atoms with E-state index in [4.69, 9.17) is 9.84 Å². The van der Waals surface area contributed by atoms with Gasteiger partial charge in [0, 0.05) is 6.54 Å². The quantitative estimate of drug-likeness (QED) is 0.823. The molecule has 2 N–H and O–H groups in total. The molecule has 126 valence electrons. The van der Waals surface area contributed by atoms with Crippen LogP contribution in [-0.2, 0) is 11.4 Å². The monoisotopic (exact) mass is 325 g/mol. The van der Waals surface area contributed by atoms with Gasteiger partial charge < -0.3 is 15.2 Å². The van der Waals surface area contributed by atoms with Gasteiger partial charge in [0.15, 0.2) is 6.10 Å². The lowest BCUT2D eigenvalue weighted by Crippen LogP contribution is -2.37. The van der Waals surface area contributed by atoms with Gasteiger partial charge >= 0.3 is 0 Å². The molecule has 3 rings (SSSR count). The molecule has 1 saturated carbocycles. The molecule has 0 aliphatic heterocycles. The summed E-state index contributed by atoms with van der Waals surface area (Å²) in [5.41, 5.74) is 2.12. The van der Waals surface area contributed by atoms with Crippen LogP contribution in [0.4, 0.5) is 0 Å². The molecule has 1 fully saturated rings. The lowest BCUT2D eigenvalue weighted by molar-refractivity contribution is -0.127. The van der Waals surface area contributed by atoms with Crippen molar-refractivity contribution in [3.05, 3.63) is 65.7 Å². The summed E-state index contributed by atoms with van der Waals surface area (Å²) in [5, 5.41) is 12.1. The van der Waals surface area contributed by atoms with Gasteiger partial charge in [-0.2, -0.15) is 0 Å². The fourth-order valence-electron chi connectivity index (χ4n) is 2.93. The van der Waals surface area contributed by atoms with Crippen LogP contribution >= 0.6 is 0 Å². The summed E-state index contributed by atoms with van der Waals surface area (Å²) in [7, 11) is 0. The van der Waals surface area contributed by atoms with Gasteiger partial charge in [-0.1, -0.05) is 42.5 Å². The van der Waals surface area contributed by atoms with E-state index in [1.807, 2.05) is 12.1 Å². The molecular weight excluding hydrogens is 302 g/mol. The van der Waals surface area contributed by atoms with Crippen molar-refractivity contribution in [2.45, 2.75) is 32.0 Å². The maximum atomic E-state index is 12.2. The van der Waals surface area contributed by atoms with Crippen LogP contribution in [0.1, 0.15) is 30.4 Å². The lowest BCUT2D eigenvalue weighted by Gasteiger charge is -2.15. The third kappa shape index (κ3) is 4.15. The minimum Gasteiger partial charge on any atom is -0.481 e. The minimum absolute atomic E-state index is 0.0413. The van der Waals surface area contributed by atoms with Gasteiger partial charge in [0.2, 0.25) is 0 Å². The molecule has 0 spiro atoms. The number of carbonyl (C=O) groups excluding carboxylic acids is 1. The van der Waals surface area contributed by atoms with Gasteiger partial charge in [-0.3, -0.25) is 4.79 Å². The zero-order chi connectivity index (χ0) is 16.9. The van der Waals surface area contributed by atoms with Crippen LogP contribution in [0.3, 0.4) is 0 Å². The number of carbonyl (C=O) groups is 1. The SMILES string of the molecule is CC(Oc1cccc(CO)c1)C(=O)NCC1CC1c1ccccc1. The Morgan fingerprint density at radius 2 is 2.04 bits per heavy atom. The van der Waals surface area contributed by atoms with Gasteiger partial charge in [-0.25, -0.2) is 0 Å². The minimum atomic E-state index is -0.562. The van der Waals surface area contributed by atoms with E-state index >= 15 is 0 Å². The van der Waals surface area contributed by atoms with Crippen LogP contribution in [0.15, 0.2) is 54.6 Å². The number of ether oxygens (including phenoxy) is 1. The summed E-state index contributed by atoms with van der Waals surface area (Å²) in [5.74, 6) is 1.56. The van der Waals surface area contributed by atoms with Crippen LogP contribution in [0.2, 0.25) is 0 Å². The molecule has 3 unspecified atom stereocenters. The van der Waals surface area contributed by atoms with Gasteiger partial charge in [-0.05, 0) is 48.4 Å². The van der Waals surface area contributed by atoms with Crippen LogP contribution in [-0.4, -0.2) is 23.7 Å². The Balaban J connectivity index is 1.45. The van der Waals surface area contributed by atoms with Crippen molar-refractivity contribution in [1.29, 1.82) is 0 Å². The number of hydrogen-bond donors (Lipinski definition) is 2. The molecule has 0 bridgehead atoms. The summed E-state index contributed by atoms with van der Waals surface area (Å²) < 4.78 is 5.66. The molecule has 1 aliphatic carbocycles. The van der Waals surface area contributed by atoms with Crippen molar-refractivity contribution in [3.63, 3.8) is 0 Å². The normalized spacial score (nSPS) is 20.2. The maximum Gasteiger partial charge on any atom is 0.260 e. The van der Waals surface area contributed by atoms with Crippen LogP contribution in [0.25, 0.3) is 0 Å². The predicted molar refractivity (Wildman–Crippen MR) is 92.8 cm³/mol. The summed E-state index contributed by atoms with van der Waals surface area (Å²) >= 11 is 0. The molecule has 4 heteroatoms. The zero-order valence-corrected chi connectivity index (χ0v) is 13.8. The van der Waals surface area contributed by atoms with E-state index in [0.29, 0.717) is 24.1 Å².